The average Bonchev–Trinajstić information content (AvgIpc) is 3.20. The predicted molar refractivity (Wildman–Crippen MR) is 111 cm³/mol. The first kappa shape index (κ1) is 20.4. The number of rotatable bonds is 2. The summed E-state index contributed by atoms with van der Waals surface area (Å²) >= 11 is 6.30. The summed E-state index contributed by atoms with van der Waals surface area (Å²) in [5, 5.41) is 11.5. The molecule has 0 saturated carbocycles. The average molecular weight is 452 g/mol. The van der Waals surface area contributed by atoms with E-state index in [1.807, 2.05) is 36.6 Å². The molecule has 1 aromatic heterocycles. The zero-order chi connectivity index (χ0) is 21.8. The van der Waals surface area contributed by atoms with Crippen LogP contribution in [0.5, 0.6) is 0 Å². The van der Waals surface area contributed by atoms with Crippen molar-refractivity contribution in [1.29, 1.82) is 5.41 Å². The number of amides is 1. The molecule has 0 bridgehead atoms. The monoisotopic (exact) mass is 451 g/mol. The van der Waals surface area contributed by atoms with Gasteiger partial charge in [0.05, 0.1) is 5.57 Å². The van der Waals surface area contributed by atoms with Gasteiger partial charge >= 0.3 is 6.18 Å². The second kappa shape index (κ2) is 7.13. The number of carbonyl (C=O) groups is 1. The molecular formula is C19H13ClF3N5OS. The fourth-order valence-corrected chi connectivity index (χ4v) is 4.15. The van der Waals surface area contributed by atoms with Crippen LogP contribution in [0.1, 0.15) is 17.0 Å². The van der Waals surface area contributed by atoms with Crippen LogP contribution in [0.4, 0.5) is 13.2 Å². The maximum atomic E-state index is 12.9. The second-order valence-corrected chi connectivity index (χ2v) is 7.96. The first-order valence-corrected chi connectivity index (χ1v) is 9.78. The van der Waals surface area contributed by atoms with E-state index in [-0.39, 0.29) is 22.5 Å². The lowest BCUT2D eigenvalue weighted by atomic mass is 10.1. The van der Waals surface area contributed by atoms with Crippen LogP contribution in [0.2, 0.25) is 5.02 Å². The summed E-state index contributed by atoms with van der Waals surface area (Å²) in [5.41, 5.74) is 2.94. The van der Waals surface area contributed by atoms with Crippen molar-refractivity contribution in [2.24, 2.45) is 10.1 Å². The number of benzene rings is 1. The number of hydrogen-bond acceptors (Lipinski definition) is 4. The molecular weight excluding hydrogens is 439 g/mol. The van der Waals surface area contributed by atoms with Gasteiger partial charge in [-0.1, -0.05) is 17.7 Å². The van der Waals surface area contributed by atoms with Gasteiger partial charge < -0.3 is 4.57 Å². The molecule has 0 aliphatic carbocycles. The van der Waals surface area contributed by atoms with Gasteiger partial charge in [-0.05, 0) is 61.5 Å². The smallest absolute Gasteiger partial charge is 0.318 e. The number of carbonyl (C=O) groups excluding carboxylic acids is 1. The number of amidine groups is 2. The molecule has 0 fully saturated rings. The summed E-state index contributed by atoms with van der Waals surface area (Å²) in [5.74, 6) is -1.24. The first-order valence-electron chi connectivity index (χ1n) is 8.58. The van der Waals surface area contributed by atoms with E-state index < -0.39 is 23.0 Å². The van der Waals surface area contributed by atoms with Crippen molar-refractivity contribution in [2.75, 3.05) is 0 Å². The van der Waals surface area contributed by atoms with Gasteiger partial charge in [0.25, 0.3) is 5.91 Å². The number of aryl methyl sites for hydroxylation is 1. The van der Waals surface area contributed by atoms with Crippen LogP contribution in [0, 0.1) is 19.3 Å². The highest BCUT2D eigenvalue weighted by Crippen LogP contribution is 2.35. The lowest BCUT2D eigenvalue weighted by Crippen LogP contribution is -2.35. The Morgan fingerprint density at radius 2 is 1.97 bits per heavy atom. The molecule has 0 radical (unpaired) electrons. The van der Waals surface area contributed by atoms with Crippen LogP contribution in [-0.2, 0) is 4.79 Å². The van der Waals surface area contributed by atoms with Gasteiger partial charge in [-0.25, -0.2) is 0 Å². The van der Waals surface area contributed by atoms with Gasteiger partial charge in [0, 0.05) is 22.1 Å². The maximum Gasteiger partial charge on any atom is 0.441 e. The number of hydrogen-bond donors (Lipinski definition) is 1. The van der Waals surface area contributed by atoms with Crippen LogP contribution in [0.3, 0.4) is 0 Å². The Bertz CT molecular complexity index is 1200. The molecule has 0 spiro atoms. The zero-order valence-electron chi connectivity index (χ0n) is 15.6. The van der Waals surface area contributed by atoms with Crippen molar-refractivity contribution in [3.05, 3.63) is 57.9 Å². The number of aromatic nitrogens is 1. The zero-order valence-corrected chi connectivity index (χ0v) is 17.2. The minimum Gasteiger partial charge on any atom is -0.318 e. The molecule has 1 N–H and O–H groups in total. The summed E-state index contributed by atoms with van der Waals surface area (Å²) in [6.45, 7) is 3.70. The summed E-state index contributed by atoms with van der Waals surface area (Å²) in [6.07, 6.45) is -3.24. The lowest BCUT2D eigenvalue weighted by molar-refractivity contribution is -0.114. The van der Waals surface area contributed by atoms with Crippen LogP contribution < -0.4 is 0 Å². The van der Waals surface area contributed by atoms with Crippen molar-refractivity contribution < 1.29 is 18.0 Å². The van der Waals surface area contributed by atoms with Gasteiger partial charge in [-0.2, -0.15) is 28.3 Å². The number of halogens is 4. The van der Waals surface area contributed by atoms with Gasteiger partial charge in [-0.15, -0.1) is 0 Å². The number of nitrogens with one attached hydrogen (secondary N) is 1. The molecule has 154 valence electrons. The minimum absolute atomic E-state index is 0.141. The predicted octanol–water partition coefficient (Wildman–Crippen LogP) is 4.93. The van der Waals surface area contributed by atoms with E-state index in [1.54, 1.807) is 12.1 Å². The molecule has 0 atom stereocenters. The van der Waals surface area contributed by atoms with E-state index in [2.05, 4.69) is 10.1 Å². The van der Waals surface area contributed by atoms with E-state index >= 15 is 0 Å². The van der Waals surface area contributed by atoms with Crippen LogP contribution in [0.15, 0.2) is 46.0 Å². The molecule has 6 nitrogen and oxygen atoms in total. The van der Waals surface area contributed by atoms with E-state index in [0.29, 0.717) is 10.6 Å². The standard InChI is InChI=1S/C19H13ClF3N5OS/c1-9-6-11(10(2)27(9)13-5-3-4-12(20)8-13)7-14-15(24)28-18(25-16(14)29)30-17(26-28)19(21,22)23/h3-8,24H,1-2H3. The van der Waals surface area contributed by atoms with E-state index in [1.165, 1.54) is 6.08 Å². The number of hydrazone groups is 1. The van der Waals surface area contributed by atoms with Gasteiger partial charge in [0.1, 0.15) is 0 Å². The molecule has 0 saturated heterocycles. The van der Waals surface area contributed by atoms with Gasteiger partial charge in [-0.3, -0.25) is 10.2 Å². The van der Waals surface area contributed by atoms with Gasteiger partial charge in [0.2, 0.25) is 10.2 Å². The Morgan fingerprint density at radius 3 is 2.63 bits per heavy atom. The van der Waals surface area contributed by atoms with E-state index in [9.17, 15) is 18.0 Å². The Labute approximate surface area is 178 Å². The maximum absolute atomic E-state index is 12.9. The van der Waals surface area contributed by atoms with Crippen LogP contribution >= 0.6 is 23.4 Å². The fraction of sp³-hybridized carbons (Fsp3) is 0.158. The van der Waals surface area contributed by atoms with Crippen molar-refractivity contribution >= 4 is 51.4 Å². The third-order valence-electron chi connectivity index (χ3n) is 4.53. The van der Waals surface area contributed by atoms with Crippen LogP contribution in [-0.4, -0.2) is 37.7 Å². The topological polar surface area (TPSA) is 73.8 Å². The molecule has 2 aliphatic heterocycles. The minimum atomic E-state index is -4.68. The molecule has 2 aromatic rings. The molecule has 2 aliphatic rings. The van der Waals surface area contributed by atoms with E-state index in [4.69, 9.17) is 17.0 Å². The summed E-state index contributed by atoms with van der Waals surface area (Å²) < 4.78 is 40.8. The quantitative estimate of drug-likeness (QED) is 0.658. The highest BCUT2D eigenvalue weighted by molar-refractivity contribution is 8.27. The SMILES string of the molecule is Cc1cc(C=C2C(=N)N3N=C(C(F)(F)F)SC3=NC2=O)c(C)n1-c1cccc(Cl)c1. The van der Waals surface area contributed by atoms with Crippen molar-refractivity contribution in [3.63, 3.8) is 0 Å². The molecule has 30 heavy (non-hydrogen) atoms. The van der Waals surface area contributed by atoms with Crippen molar-refractivity contribution in [1.82, 2.24) is 9.58 Å². The van der Waals surface area contributed by atoms with E-state index in [0.717, 1.165) is 22.1 Å². The summed E-state index contributed by atoms with van der Waals surface area (Å²) in [7, 11) is 0. The third-order valence-corrected chi connectivity index (χ3v) is 5.72. The molecule has 4 rings (SSSR count). The van der Waals surface area contributed by atoms with Crippen molar-refractivity contribution in [3.8, 4) is 5.69 Å². The Balaban J connectivity index is 1.75. The molecule has 0 unspecified atom stereocenters. The molecule has 1 aromatic carbocycles. The Morgan fingerprint density at radius 1 is 1.23 bits per heavy atom. The third kappa shape index (κ3) is 3.46. The number of thioether (sulfide) groups is 1. The molecule has 1 amide bonds. The van der Waals surface area contributed by atoms with Crippen LogP contribution in [0.25, 0.3) is 11.8 Å². The van der Waals surface area contributed by atoms with Gasteiger partial charge in [0.15, 0.2) is 5.84 Å². The first-order chi connectivity index (χ1) is 14.1. The Kier molecular flexibility index (Phi) is 4.86. The normalized spacial score (nSPS) is 18.1. The molecule has 11 heteroatoms. The lowest BCUT2D eigenvalue weighted by Gasteiger charge is -2.20. The highest BCUT2D eigenvalue weighted by atomic mass is 35.5. The van der Waals surface area contributed by atoms with Crippen molar-refractivity contribution in [2.45, 2.75) is 20.0 Å². The summed E-state index contributed by atoms with van der Waals surface area (Å²) in [6, 6.07) is 9.04. The number of nitrogens with zero attached hydrogens (tertiary/aromatic N) is 4. The molecule has 3 heterocycles. The second-order valence-electron chi connectivity index (χ2n) is 6.56. The highest BCUT2D eigenvalue weighted by Gasteiger charge is 2.46. The summed E-state index contributed by atoms with van der Waals surface area (Å²) in [4.78, 5) is 16.1. The number of aliphatic imine (C=N–C) groups is 1. The number of alkyl halides is 3. The fourth-order valence-electron chi connectivity index (χ4n) is 3.21. The number of fused-ring (bicyclic) bond motifs is 1. The Hall–Kier alpha value is -2.85. The largest absolute Gasteiger partial charge is 0.441 e.